The molecule has 0 radical (unpaired) electrons. The molecule has 4 nitrogen and oxygen atoms in total. The molecule has 1 heterocycles. The molecule has 1 amide bonds. The molecule has 6 heteroatoms. The van der Waals surface area contributed by atoms with Crippen molar-refractivity contribution >= 4 is 52.0 Å². The van der Waals surface area contributed by atoms with Gasteiger partial charge in [-0.05, 0) is 60.7 Å². The van der Waals surface area contributed by atoms with Crippen LogP contribution in [0.3, 0.4) is 0 Å². The van der Waals surface area contributed by atoms with Gasteiger partial charge >= 0.3 is 0 Å². The van der Waals surface area contributed by atoms with Gasteiger partial charge in [0, 0.05) is 59.9 Å². The third-order valence-electron chi connectivity index (χ3n) is 4.92. The van der Waals surface area contributed by atoms with Gasteiger partial charge in [-0.15, -0.1) is 0 Å². The molecule has 1 aliphatic heterocycles. The predicted octanol–water partition coefficient (Wildman–Crippen LogP) is 5.92. The van der Waals surface area contributed by atoms with Crippen molar-refractivity contribution in [3.8, 4) is 0 Å². The Morgan fingerprint density at radius 3 is 1.72 bits per heavy atom. The summed E-state index contributed by atoms with van der Waals surface area (Å²) in [4.78, 5) is 21.6. The fourth-order valence-electron chi connectivity index (χ4n) is 3.28. The van der Waals surface area contributed by atoms with Gasteiger partial charge in [0.2, 0.25) is 0 Å². The van der Waals surface area contributed by atoms with Crippen LogP contribution in [-0.4, -0.2) is 34.1 Å². The first-order valence-corrected chi connectivity index (χ1v) is 10.5. The van der Waals surface area contributed by atoms with Crippen molar-refractivity contribution in [1.29, 1.82) is 0 Å². The van der Waals surface area contributed by atoms with Crippen molar-refractivity contribution in [3.05, 3.63) is 71.2 Å². The quantitative estimate of drug-likeness (QED) is 0.522. The van der Waals surface area contributed by atoms with E-state index in [1.54, 1.807) is 36.0 Å². The lowest BCUT2D eigenvalue weighted by Crippen LogP contribution is -2.28. The van der Waals surface area contributed by atoms with E-state index >= 15 is 0 Å². The molecular weight excluding hydrogens is 402 g/mol. The van der Waals surface area contributed by atoms with Crippen LogP contribution in [0, 0.1) is 0 Å². The molecule has 0 saturated carbocycles. The molecule has 1 aliphatic rings. The van der Waals surface area contributed by atoms with Crippen molar-refractivity contribution in [2.75, 3.05) is 42.9 Å². The third kappa shape index (κ3) is 3.68. The highest BCUT2D eigenvalue weighted by Gasteiger charge is 2.29. The average Bonchev–Trinajstić information content (AvgIpc) is 2.71. The summed E-state index contributed by atoms with van der Waals surface area (Å²) < 4.78 is 0. The second kappa shape index (κ2) is 7.65. The number of hydrogen-bond donors (Lipinski definition) is 0. The second-order valence-electron chi connectivity index (χ2n) is 7.34. The molecule has 148 valence electrons. The molecule has 29 heavy (non-hydrogen) atoms. The van der Waals surface area contributed by atoms with Gasteiger partial charge in [-0.25, -0.2) is 0 Å². The molecule has 0 N–H and O–H groups in total. The molecule has 0 bridgehead atoms. The van der Waals surface area contributed by atoms with Crippen LogP contribution in [0.15, 0.2) is 70.5 Å². The highest BCUT2D eigenvalue weighted by atomic mass is 35.5. The first-order valence-electron chi connectivity index (χ1n) is 9.26. The maximum absolute atomic E-state index is 13.5. The standard InChI is InChI=1S/C23H22ClN3OS/c1-25(2)17-9-11-19-21(13-17)29-22-14-18(26(3)4)10-12-20(22)27(19)23(28)15-5-7-16(24)8-6-15/h5-14H,1-4H3. The monoisotopic (exact) mass is 423 g/mol. The summed E-state index contributed by atoms with van der Waals surface area (Å²) in [5.41, 5.74) is 4.59. The summed E-state index contributed by atoms with van der Waals surface area (Å²) in [6, 6.07) is 19.4. The molecule has 0 fully saturated rings. The summed E-state index contributed by atoms with van der Waals surface area (Å²) in [6.07, 6.45) is 0. The minimum atomic E-state index is -0.0697. The lowest BCUT2D eigenvalue weighted by Gasteiger charge is -2.32. The summed E-state index contributed by atoms with van der Waals surface area (Å²) in [7, 11) is 8.07. The maximum atomic E-state index is 13.5. The summed E-state index contributed by atoms with van der Waals surface area (Å²) in [6.45, 7) is 0. The number of anilines is 4. The Kier molecular flexibility index (Phi) is 5.19. The number of hydrogen-bond acceptors (Lipinski definition) is 4. The van der Waals surface area contributed by atoms with Crippen LogP contribution < -0.4 is 14.7 Å². The van der Waals surface area contributed by atoms with E-state index in [2.05, 4.69) is 21.9 Å². The van der Waals surface area contributed by atoms with E-state index in [-0.39, 0.29) is 5.91 Å². The molecule has 4 rings (SSSR count). The number of carbonyl (C=O) groups excluding carboxylic acids is 1. The van der Waals surface area contributed by atoms with Crippen LogP contribution in [0.5, 0.6) is 0 Å². The van der Waals surface area contributed by atoms with E-state index in [1.165, 1.54) is 0 Å². The molecule has 0 aliphatic carbocycles. The second-order valence-corrected chi connectivity index (χ2v) is 8.86. The van der Waals surface area contributed by atoms with E-state index in [4.69, 9.17) is 11.6 Å². The van der Waals surface area contributed by atoms with Crippen molar-refractivity contribution in [1.82, 2.24) is 0 Å². The van der Waals surface area contributed by atoms with Crippen molar-refractivity contribution in [2.45, 2.75) is 9.79 Å². The topological polar surface area (TPSA) is 26.8 Å². The van der Waals surface area contributed by atoms with E-state index in [0.717, 1.165) is 32.5 Å². The zero-order chi connectivity index (χ0) is 20.7. The predicted molar refractivity (Wildman–Crippen MR) is 124 cm³/mol. The van der Waals surface area contributed by atoms with Gasteiger partial charge in [0.1, 0.15) is 0 Å². The minimum Gasteiger partial charge on any atom is -0.378 e. The third-order valence-corrected chi connectivity index (χ3v) is 6.26. The van der Waals surface area contributed by atoms with Gasteiger partial charge < -0.3 is 9.80 Å². The molecular formula is C23H22ClN3OS. The van der Waals surface area contributed by atoms with Crippen molar-refractivity contribution in [2.24, 2.45) is 0 Å². The van der Waals surface area contributed by atoms with E-state index < -0.39 is 0 Å². The van der Waals surface area contributed by atoms with Gasteiger partial charge in [0.15, 0.2) is 0 Å². The van der Waals surface area contributed by atoms with Gasteiger partial charge in [0.05, 0.1) is 11.4 Å². The largest absolute Gasteiger partial charge is 0.378 e. The number of amides is 1. The first-order chi connectivity index (χ1) is 13.8. The van der Waals surface area contributed by atoms with Crippen LogP contribution in [0.25, 0.3) is 0 Å². The number of rotatable bonds is 3. The molecule has 0 saturated heterocycles. The molecule has 0 unspecified atom stereocenters. The Balaban J connectivity index is 1.87. The normalized spacial score (nSPS) is 12.2. The Labute approximate surface area is 180 Å². The van der Waals surface area contributed by atoms with Gasteiger partial charge in [-0.3, -0.25) is 9.69 Å². The van der Waals surface area contributed by atoms with E-state index in [9.17, 15) is 4.79 Å². The van der Waals surface area contributed by atoms with Crippen LogP contribution >= 0.6 is 23.4 Å². The fourth-order valence-corrected chi connectivity index (χ4v) is 4.53. The van der Waals surface area contributed by atoms with Gasteiger partial charge in [-0.1, -0.05) is 23.4 Å². The number of carbonyl (C=O) groups is 1. The Bertz CT molecular complexity index is 1020. The minimum absolute atomic E-state index is 0.0697. The molecule has 0 atom stereocenters. The molecule has 0 aromatic heterocycles. The average molecular weight is 424 g/mol. The summed E-state index contributed by atoms with van der Waals surface area (Å²) in [5, 5.41) is 0.614. The zero-order valence-electron chi connectivity index (χ0n) is 16.8. The number of benzene rings is 3. The number of nitrogens with zero attached hydrogens (tertiary/aromatic N) is 3. The Hall–Kier alpha value is -2.63. The Morgan fingerprint density at radius 1 is 0.793 bits per heavy atom. The molecule has 0 spiro atoms. The van der Waals surface area contributed by atoms with Crippen LogP contribution in [0.2, 0.25) is 5.02 Å². The lowest BCUT2D eigenvalue weighted by molar-refractivity contribution is 0.0998. The van der Waals surface area contributed by atoms with E-state index in [0.29, 0.717) is 10.6 Å². The van der Waals surface area contributed by atoms with Crippen LogP contribution in [0.4, 0.5) is 22.7 Å². The zero-order valence-corrected chi connectivity index (χ0v) is 18.4. The molecule has 3 aromatic carbocycles. The number of fused-ring (bicyclic) bond motifs is 2. The SMILES string of the molecule is CN(C)c1ccc2c(c1)Sc1cc(N(C)C)ccc1N2C(=O)c1ccc(Cl)cc1. The van der Waals surface area contributed by atoms with Crippen molar-refractivity contribution in [3.63, 3.8) is 0 Å². The summed E-state index contributed by atoms with van der Waals surface area (Å²) in [5.74, 6) is -0.0697. The lowest BCUT2D eigenvalue weighted by atomic mass is 10.1. The maximum Gasteiger partial charge on any atom is 0.262 e. The van der Waals surface area contributed by atoms with E-state index in [1.807, 2.05) is 57.4 Å². The Morgan fingerprint density at radius 2 is 1.28 bits per heavy atom. The highest BCUT2D eigenvalue weighted by Crippen LogP contribution is 2.50. The van der Waals surface area contributed by atoms with Crippen molar-refractivity contribution < 1.29 is 4.79 Å². The van der Waals surface area contributed by atoms with Gasteiger partial charge in [0.25, 0.3) is 5.91 Å². The summed E-state index contributed by atoms with van der Waals surface area (Å²) >= 11 is 7.72. The molecule has 3 aromatic rings. The number of halogens is 1. The first kappa shape index (κ1) is 19.7. The highest BCUT2D eigenvalue weighted by molar-refractivity contribution is 7.99. The smallest absolute Gasteiger partial charge is 0.262 e. The van der Waals surface area contributed by atoms with Crippen LogP contribution in [0.1, 0.15) is 10.4 Å². The van der Waals surface area contributed by atoms with Gasteiger partial charge in [-0.2, -0.15) is 0 Å². The van der Waals surface area contributed by atoms with Crippen LogP contribution in [-0.2, 0) is 0 Å². The fraction of sp³-hybridized carbons (Fsp3) is 0.174.